The topological polar surface area (TPSA) is 20.2 Å². The van der Waals surface area contributed by atoms with Gasteiger partial charge in [0.25, 0.3) is 0 Å². The van der Waals surface area contributed by atoms with Crippen LogP contribution in [0.4, 0.5) is 0 Å². The zero-order chi connectivity index (χ0) is 16.5. The average molecular weight is 379 g/mol. The van der Waals surface area contributed by atoms with Crippen LogP contribution in [-0.4, -0.2) is 10.7 Å². The third-order valence-electron chi connectivity index (χ3n) is 7.04. The predicted octanol–water partition coefficient (Wildman–Crippen LogP) is 5.82. The van der Waals surface area contributed by atoms with Gasteiger partial charge in [-0.3, -0.25) is 0 Å². The number of hydrogen-bond acceptors (Lipinski definition) is 1. The molecule has 0 unspecified atom stereocenters. The molecule has 3 fully saturated rings. The highest BCUT2D eigenvalue weighted by Gasteiger charge is 2.50. The van der Waals surface area contributed by atoms with Crippen molar-refractivity contribution in [3.63, 3.8) is 0 Å². The van der Waals surface area contributed by atoms with Crippen molar-refractivity contribution in [1.29, 1.82) is 0 Å². The second-order valence-electron chi connectivity index (χ2n) is 8.50. The second kappa shape index (κ2) is 6.93. The molecule has 0 bridgehead atoms. The molecule has 0 aromatic heterocycles. The zero-order valence-corrected chi connectivity index (χ0v) is 16.3. The Kier molecular flexibility index (Phi) is 5.29. The standard InChI is InChI=1S/C21H31BrO/c1-16(7-5-14-21(23)12-3-4-13-21)18-9-10-19-17(15-22)8-6-11-20(18,19)2/h15-16,18-19,23H,3-4,6-13H2,1-2H3/t16-,18-,19+,20-/m1/s1. The van der Waals surface area contributed by atoms with Gasteiger partial charge in [-0.1, -0.05) is 47.2 Å². The van der Waals surface area contributed by atoms with Crippen molar-refractivity contribution in [3.05, 3.63) is 10.6 Å². The number of hydrogen-bond donors (Lipinski definition) is 1. The fraction of sp³-hybridized carbons (Fsp3) is 0.810. The Balaban J connectivity index is 1.66. The minimum absolute atomic E-state index is 0.462. The van der Waals surface area contributed by atoms with E-state index in [0.717, 1.165) is 43.9 Å². The molecule has 0 aromatic rings. The van der Waals surface area contributed by atoms with Crippen molar-refractivity contribution < 1.29 is 5.11 Å². The Hall–Kier alpha value is -0.260. The third-order valence-corrected chi connectivity index (χ3v) is 7.63. The quantitative estimate of drug-likeness (QED) is 0.600. The van der Waals surface area contributed by atoms with Gasteiger partial charge in [-0.2, -0.15) is 0 Å². The van der Waals surface area contributed by atoms with Crippen LogP contribution in [0.15, 0.2) is 10.6 Å². The van der Waals surface area contributed by atoms with E-state index < -0.39 is 5.60 Å². The van der Waals surface area contributed by atoms with Crippen LogP contribution in [0, 0.1) is 35.0 Å². The van der Waals surface area contributed by atoms with E-state index in [1.807, 2.05) is 0 Å². The molecule has 0 saturated heterocycles. The average Bonchev–Trinajstić information content (AvgIpc) is 3.10. The molecule has 0 aliphatic heterocycles. The van der Waals surface area contributed by atoms with Gasteiger partial charge in [-0.25, -0.2) is 0 Å². The van der Waals surface area contributed by atoms with Gasteiger partial charge < -0.3 is 5.11 Å². The molecule has 1 N–H and O–H groups in total. The van der Waals surface area contributed by atoms with Crippen molar-refractivity contribution in [2.45, 2.75) is 83.7 Å². The van der Waals surface area contributed by atoms with E-state index in [9.17, 15) is 5.11 Å². The molecule has 3 aliphatic carbocycles. The predicted molar refractivity (Wildman–Crippen MR) is 100 cm³/mol. The first-order chi connectivity index (χ1) is 11.0. The molecule has 0 spiro atoms. The summed E-state index contributed by atoms with van der Waals surface area (Å²) in [7, 11) is 0. The van der Waals surface area contributed by atoms with Gasteiger partial charge in [-0.15, -0.1) is 0 Å². The summed E-state index contributed by atoms with van der Waals surface area (Å²) in [6.45, 7) is 4.91. The van der Waals surface area contributed by atoms with Crippen LogP contribution in [0.3, 0.4) is 0 Å². The summed E-state index contributed by atoms with van der Waals surface area (Å²) < 4.78 is 0. The lowest BCUT2D eigenvalue weighted by Gasteiger charge is -2.44. The maximum atomic E-state index is 10.4. The largest absolute Gasteiger partial charge is 0.378 e. The molecule has 0 radical (unpaired) electrons. The normalized spacial score (nSPS) is 38.9. The summed E-state index contributed by atoms with van der Waals surface area (Å²) in [5, 5.41) is 10.4. The van der Waals surface area contributed by atoms with E-state index in [1.165, 1.54) is 32.1 Å². The lowest BCUT2D eigenvalue weighted by Crippen LogP contribution is -2.35. The Morgan fingerprint density at radius 1 is 1.26 bits per heavy atom. The van der Waals surface area contributed by atoms with E-state index in [0.29, 0.717) is 11.3 Å². The summed E-state index contributed by atoms with van der Waals surface area (Å²) >= 11 is 3.60. The molecule has 0 heterocycles. The number of aliphatic hydroxyl groups is 1. The van der Waals surface area contributed by atoms with Gasteiger partial charge in [0.15, 0.2) is 0 Å². The number of fused-ring (bicyclic) bond motifs is 1. The molecular formula is C21H31BrO. The minimum atomic E-state index is -0.668. The van der Waals surface area contributed by atoms with Crippen molar-refractivity contribution in [2.24, 2.45) is 23.2 Å². The summed E-state index contributed by atoms with van der Waals surface area (Å²) in [6, 6.07) is 0. The van der Waals surface area contributed by atoms with Crippen LogP contribution in [-0.2, 0) is 0 Å². The summed E-state index contributed by atoms with van der Waals surface area (Å²) in [4.78, 5) is 2.21. The van der Waals surface area contributed by atoms with Crippen molar-refractivity contribution in [3.8, 4) is 11.8 Å². The lowest BCUT2D eigenvalue weighted by atomic mass is 9.61. The van der Waals surface area contributed by atoms with Gasteiger partial charge in [0.05, 0.1) is 0 Å². The Morgan fingerprint density at radius 3 is 2.70 bits per heavy atom. The molecule has 0 amide bonds. The van der Waals surface area contributed by atoms with E-state index in [2.05, 4.69) is 46.6 Å². The molecule has 4 atom stereocenters. The van der Waals surface area contributed by atoms with Crippen LogP contribution < -0.4 is 0 Å². The van der Waals surface area contributed by atoms with Gasteiger partial charge in [0, 0.05) is 6.42 Å². The first kappa shape index (κ1) is 17.6. The van der Waals surface area contributed by atoms with Crippen molar-refractivity contribution in [1.82, 2.24) is 0 Å². The minimum Gasteiger partial charge on any atom is -0.378 e. The molecule has 2 heteroatoms. The smallest absolute Gasteiger partial charge is 0.125 e. The maximum Gasteiger partial charge on any atom is 0.125 e. The first-order valence-corrected chi connectivity index (χ1v) is 10.4. The third kappa shape index (κ3) is 3.42. The van der Waals surface area contributed by atoms with E-state index in [-0.39, 0.29) is 0 Å². The highest BCUT2D eigenvalue weighted by atomic mass is 79.9. The number of allylic oxidation sites excluding steroid dienone is 1. The van der Waals surface area contributed by atoms with E-state index in [1.54, 1.807) is 5.57 Å². The number of halogens is 1. The van der Waals surface area contributed by atoms with Crippen LogP contribution in [0.25, 0.3) is 0 Å². The Bertz CT molecular complexity index is 520. The molecule has 23 heavy (non-hydrogen) atoms. The highest BCUT2D eigenvalue weighted by molar-refractivity contribution is 9.11. The SMILES string of the molecule is C[C@H](CC#CC1(O)CCCC1)[C@H]1CC[C@H]2C(=CBr)CCC[C@]12C. The van der Waals surface area contributed by atoms with Gasteiger partial charge in [0.2, 0.25) is 0 Å². The van der Waals surface area contributed by atoms with Crippen molar-refractivity contribution in [2.75, 3.05) is 0 Å². The van der Waals surface area contributed by atoms with Crippen LogP contribution in [0.5, 0.6) is 0 Å². The molecule has 1 nitrogen and oxygen atoms in total. The maximum absolute atomic E-state index is 10.4. The summed E-state index contributed by atoms with van der Waals surface area (Å²) in [5.74, 6) is 8.75. The molecular weight excluding hydrogens is 348 g/mol. The Labute approximate surface area is 150 Å². The number of rotatable bonds is 2. The fourth-order valence-electron chi connectivity index (χ4n) is 5.75. The Morgan fingerprint density at radius 2 is 2.00 bits per heavy atom. The summed E-state index contributed by atoms with van der Waals surface area (Å²) in [6.07, 6.45) is 11.6. The molecule has 3 rings (SSSR count). The monoisotopic (exact) mass is 378 g/mol. The second-order valence-corrected chi connectivity index (χ2v) is 8.96. The molecule has 3 saturated carbocycles. The first-order valence-electron chi connectivity index (χ1n) is 9.50. The zero-order valence-electron chi connectivity index (χ0n) is 14.7. The molecule has 3 aliphatic rings. The summed E-state index contributed by atoms with van der Waals surface area (Å²) in [5.41, 5.74) is 1.43. The van der Waals surface area contributed by atoms with E-state index >= 15 is 0 Å². The molecule has 0 aromatic carbocycles. The van der Waals surface area contributed by atoms with Gasteiger partial charge >= 0.3 is 0 Å². The van der Waals surface area contributed by atoms with Crippen molar-refractivity contribution >= 4 is 15.9 Å². The van der Waals surface area contributed by atoms with Crippen LogP contribution >= 0.6 is 15.9 Å². The van der Waals surface area contributed by atoms with Crippen LogP contribution in [0.2, 0.25) is 0 Å². The molecule has 128 valence electrons. The van der Waals surface area contributed by atoms with Gasteiger partial charge in [0.1, 0.15) is 5.60 Å². The fourth-order valence-corrected chi connectivity index (χ4v) is 6.30. The lowest BCUT2D eigenvalue weighted by molar-refractivity contribution is 0.0987. The van der Waals surface area contributed by atoms with E-state index in [4.69, 9.17) is 0 Å². The van der Waals surface area contributed by atoms with Gasteiger partial charge in [-0.05, 0) is 85.9 Å². The highest BCUT2D eigenvalue weighted by Crippen LogP contribution is 2.59. The van der Waals surface area contributed by atoms with Crippen LogP contribution in [0.1, 0.15) is 78.1 Å².